The maximum atomic E-state index is 12.5. The molecule has 0 atom stereocenters. The molecule has 150 valence electrons. The summed E-state index contributed by atoms with van der Waals surface area (Å²) in [7, 11) is -3.71. The van der Waals surface area contributed by atoms with E-state index in [1.165, 1.54) is 25.0 Å². The van der Waals surface area contributed by atoms with Crippen molar-refractivity contribution in [3.05, 3.63) is 48.5 Å². The van der Waals surface area contributed by atoms with Gasteiger partial charge in [0.25, 0.3) is 10.0 Å². The fraction of sp³-hybridized carbons (Fsp3) is 0.381. The smallest absolute Gasteiger partial charge is 0.261 e. The van der Waals surface area contributed by atoms with Gasteiger partial charge in [-0.25, -0.2) is 8.42 Å². The van der Waals surface area contributed by atoms with Gasteiger partial charge < -0.3 is 10.1 Å². The van der Waals surface area contributed by atoms with E-state index in [9.17, 15) is 13.2 Å². The Balaban J connectivity index is 1.60. The third kappa shape index (κ3) is 5.48. The first-order valence-corrected chi connectivity index (χ1v) is 11.1. The Labute approximate surface area is 166 Å². The standard InChI is InChI=1S/C21H26N2O4S/c1-2-27-19-11-7-18(8-12-19)23-28(25,26)20-13-9-17(10-14-20)22-21(24)15-16-5-3-4-6-16/h7-14,16,23H,2-6,15H2,1H3,(H,22,24). The van der Waals surface area contributed by atoms with E-state index in [-0.39, 0.29) is 10.8 Å². The molecule has 1 saturated carbocycles. The fourth-order valence-electron chi connectivity index (χ4n) is 3.41. The van der Waals surface area contributed by atoms with Crippen molar-refractivity contribution in [3.63, 3.8) is 0 Å². The van der Waals surface area contributed by atoms with Crippen LogP contribution in [-0.4, -0.2) is 20.9 Å². The van der Waals surface area contributed by atoms with Crippen LogP contribution >= 0.6 is 0 Å². The Bertz CT molecular complexity index is 887. The largest absolute Gasteiger partial charge is 0.494 e. The van der Waals surface area contributed by atoms with Crippen molar-refractivity contribution in [2.45, 2.75) is 43.9 Å². The number of nitrogens with one attached hydrogen (secondary N) is 2. The first-order chi connectivity index (χ1) is 13.5. The second-order valence-electron chi connectivity index (χ2n) is 6.99. The molecule has 1 amide bonds. The lowest BCUT2D eigenvalue weighted by Gasteiger charge is -2.11. The van der Waals surface area contributed by atoms with Gasteiger partial charge in [0.1, 0.15) is 5.75 Å². The van der Waals surface area contributed by atoms with E-state index in [1.807, 2.05) is 6.92 Å². The minimum absolute atomic E-state index is 0.0185. The molecule has 0 saturated heterocycles. The molecule has 0 radical (unpaired) electrons. The van der Waals surface area contributed by atoms with Crippen molar-refractivity contribution in [1.29, 1.82) is 0 Å². The Morgan fingerprint density at radius 3 is 2.21 bits per heavy atom. The molecule has 2 aromatic rings. The van der Waals surface area contributed by atoms with E-state index in [4.69, 9.17) is 4.74 Å². The van der Waals surface area contributed by atoms with Crippen molar-refractivity contribution in [3.8, 4) is 5.75 Å². The molecule has 2 N–H and O–H groups in total. The normalized spacial score (nSPS) is 14.6. The van der Waals surface area contributed by atoms with Gasteiger partial charge in [0.15, 0.2) is 0 Å². The van der Waals surface area contributed by atoms with Crippen LogP contribution in [0.4, 0.5) is 11.4 Å². The number of carbonyl (C=O) groups excluding carboxylic acids is 1. The zero-order chi connectivity index (χ0) is 20.0. The molecule has 0 aromatic heterocycles. The van der Waals surface area contributed by atoms with Crippen LogP contribution in [0.3, 0.4) is 0 Å². The van der Waals surface area contributed by atoms with E-state index in [2.05, 4.69) is 10.0 Å². The molecule has 0 heterocycles. The lowest BCUT2D eigenvalue weighted by atomic mass is 10.0. The molecular weight excluding hydrogens is 376 g/mol. The van der Waals surface area contributed by atoms with E-state index >= 15 is 0 Å². The van der Waals surface area contributed by atoms with Crippen LogP contribution in [0, 0.1) is 5.92 Å². The second kappa shape index (κ2) is 9.10. The molecule has 0 aliphatic heterocycles. The highest BCUT2D eigenvalue weighted by atomic mass is 32.2. The summed E-state index contributed by atoms with van der Waals surface area (Å²) >= 11 is 0. The summed E-state index contributed by atoms with van der Waals surface area (Å²) < 4.78 is 33.0. The average molecular weight is 403 g/mol. The van der Waals surface area contributed by atoms with Crippen LogP contribution in [0.15, 0.2) is 53.4 Å². The highest BCUT2D eigenvalue weighted by Crippen LogP contribution is 2.28. The Morgan fingerprint density at radius 2 is 1.61 bits per heavy atom. The minimum Gasteiger partial charge on any atom is -0.494 e. The fourth-order valence-corrected chi connectivity index (χ4v) is 4.46. The predicted molar refractivity (Wildman–Crippen MR) is 110 cm³/mol. The topological polar surface area (TPSA) is 84.5 Å². The molecule has 1 aliphatic rings. The van der Waals surface area contributed by atoms with Gasteiger partial charge in [0.2, 0.25) is 5.91 Å². The third-order valence-electron chi connectivity index (χ3n) is 4.81. The summed E-state index contributed by atoms with van der Waals surface area (Å²) in [6, 6.07) is 12.9. The molecular formula is C21H26N2O4S. The van der Waals surface area contributed by atoms with Crippen LogP contribution in [-0.2, 0) is 14.8 Å². The molecule has 6 nitrogen and oxygen atoms in total. The zero-order valence-electron chi connectivity index (χ0n) is 16.0. The molecule has 1 aliphatic carbocycles. The predicted octanol–water partition coefficient (Wildman–Crippen LogP) is 4.40. The Morgan fingerprint density at radius 1 is 1.00 bits per heavy atom. The van der Waals surface area contributed by atoms with Crippen molar-refractivity contribution < 1.29 is 17.9 Å². The van der Waals surface area contributed by atoms with Crippen LogP contribution in [0.5, 0.6) is 5.75 Å². The van der Waals surface area contributed by atoms with Crippen molar-refractivity contribution in [2.24, 2.45) is 5.92 Å². The number of sulfonamides is 1. The molecule has 2 aromatic carbocycles. The molecule has 3 rings (SSSR count). The van der Waals surface area contributed by atoms with E-state index in [0.29, 0.717) is 36.1 Å². The summed E-state index contributed by atoms with van der Waals surface area (Å²) in [6.07, 6.45) is 5.15. The summed E-state index contributed by atoms with van der Waals surface area (Å²) in [6.45, 7) is 2.44. The first kappa shape index (κ1) is 20.2. The van der Waals surface area contributed by atoms with Gasteiger partial charge in [-0.3, -0.25) is 9.52 Å². The Kier molecular flexibility index (Phi) is 6.57. The van der Waals surface area contributed by atoms with Crippen LogP contribution < -0.4 is 14.8 Å². The number of hydrogen-bond acceptors (Lipinski definition) is 4. The second-order valence-corrected chi connectivity index (χ2v) is 8.67. The van der Waals surface area contributed by atoms with Gasteiger partial charge >= 0.3 is 0 Å². The zero-order valence-corrected chi connectivity index (χ0v) is 16.8. The number of amides is 1. The quantitative estimate of drug-likeness (QED) is 0.685. The first-order valence-electron chi connectivity index (χ1n) is 9.62. The van der Waals surface area contributed by atoms with Gasteiger partial charge in [-0.15, -0.1) is 0 Å². The van der Waals surface area contributed by atoms with Gasteiger partial charge in [0.05, 0.1) is 11.5 Å². The van der Waals surface area contributed by atoms with Crippen LogP contribution in [0.25, 0.3) is 0 Å². The lowest BCUT2D eigenvalue weighted by molar-refractivity contribution is -0.117. The lowest BCUT2D eigenvalue weighted by Crippen LogP contribution is -2.16. The number of ether oxygens (including phenoxy) is 1. The molecule has 1 fully saturated rings. The van der Waals surface area contributed by atoms with Gasteiger partial charge in [-0.05, 0) is 74.2 Å². The van der Waals surface area contributed by atoms with Crippen LogP contribution in [0.2, 0.25) is 0 Å². The number of hydrogen-bond donors (Lipinski definition) is 2. The molecule has 0 unspecified atom stereocenters. The summed E-state index contributed by atoms with van der Waals surface area (Å²) in [5.41, 5.74) is 1.06. The number of anilines is 2. The summed E-state index contributed by atoms with van der Waals surface area (Å²) in [5, 5.41) is 2.85. The monoisotopic (exact) mass is 402 g/mol. The molecule has 28 heavy (non-hydrogen) atoms. The summed E-state index contributed by atoms with van der Waals surface area (Å²) in [5.74, 6) is 1.14. The maximum Gasteiger partial charge on any atom is 0.261 e. The van der Waals surface area contributed by atoms with Gasteiger partial charge in [-0.2, -0.15) is 0 Å². The molecule has 0 bridgehead atoms. The van der Waals surface area contributed by atoms with E-state index < -0.39 is 10.0 Å². The van der Waals surface area contributed by atoms with Crippen molar-refractivity contribution in [2.75, 3.05) is 16.6 Å². The number of carbonyl (C=O) groups is 1. The molecule has 0 spiro atoms. The number of benzene rings is 2. The van der Waals surface area contributed by atoms with Crippen LogP contribution in [0.1, 0.15) is 39.0 Å². The summed E-state index contributed by atoms with van der Waals surface area (Å²) in [4.78, 5) is 12.2. The minimum atomic E-state index is -3.71. The third-order valence-corrected chi connectivity index (χ3v) is 6.21. The maximum absolute atomic E-state index is 12.5. The highest BCUT2D eigenvalue weighted by Gasteiger charge is 2.19. The molecule has 7 heteroatoms. The SMILES string of the molecule is CCOc1ccc(NS(=O)(=O)c2ccc(NC(=O)CC3CCCC3)cc2)cc1. The van der Waals surface area contributed by atoms with Gasteiger partial charge in [-0.1, -0.05) is 12.8 Å². The van der Waals surface area contributed by atoms with Gasteiger partial charge in [0, 0.05) is 17.8 Å². The Hall–Kier alpha value is -2.54. The van der Waals surface area contributed by atoms with Crippen molar-refractivity contribution >= 4 is 27.3 Å². The van der Waals surface area contributed by atoms with E-state index in [1.54, 1.807) is 36.4 Å². The van der Waals surface area contributed by atoms with E-state index in [0.717, 1.165) is 12.8 Å². The van der Waals surface area contributed by atoms with Crippen molar-refractivity contribution in [1.82, 2.24) is 0 Å². The number of rotatable bonds is 8. The highest BCUT2D eigenvalue weighted by molar-refractivity contribution is 7.92. The average Bonchev–Trinajstić information content (AvgIpc) is 3.16.